The van der Waals surface area contributed by atoms with Crippen molar-refractivity contribution in [3.63, 3.8) is 0 Å². The fourth-order valence-corrected chi connectivity index (χ4v) is 4.41. The van der Waals surface area contributed by atoms with E-state index >= 15 is 0 Å². The molecule has 30 heavy (non-hydrogen) atoms. The lowest BCUT2D eigenvalue weighted by Gasteiger charge is -2.34. The molecule has 1 fully saturated rings. The van der Waals surface area contributed by atoms with Gasteiger partial charge in [0.1, 0.15) is 4.88 Å². The number of halogens is 1. The van der Waals surface area contributed by atoms with Crippen LogP contribution in [0.4, 0.5) is 5.00 Å². The number of piperazine rings is 1. The van der Waals surface area contributed by atoms with Crippen molar-refractivity contribution in [1.82, 2.24) is 9.80 Å². The van der Waals surface area contributed by atoms with Crippen molar-refractivity contribution < 1.29 is 19.1 Å². The van der Waals surface area contributed by atoms with E-state index in [0.717, 1.165) is 5.56 Å². The van der Waals surface area contributed by atoms with Crippen molar-refractivity contribution in [2.24, 2.45) is 0 Å². The minimum Gasteiger partial charge on any atom is -0.462 e. The summed E-state index contributed by atoms with van der Waals surface area (Å²) in [5.74, 6) is -0.579. The van der Waals surface area contributed by atoms with Crippen LogP contribution in [-0.4, -0.2) is 66.9 Å². The van der Waals surface area contributed by atoms with E-state index in [9.17, 15) is 14.4 Å². The van der Waals surface area contributed by atoms with Gasteiger partial charge in [0.25, 0.3) is 5.91 Å². The molecule has 0 radical (unpaired) electrons. The summed E-state index contributed by atoms with van der Waals surface area (Å²) in [6, 6.07) is 8.69. The molecule has 7 nitrogen and oxygen atoms in total. The maximum Gasteiger partial charge on any atom is 0.348 e. The van der Waals surface area contributed by atoms with Crippen LogP contribution in [-0.2, 0) is 9.53 Å². The van der Waals surface area contributed by atoms with Crippen LogP contribution in [0.5, 0.6) is 0 Å². The number of benzene rings is 1. The Morgan fingerprint density at radius 1 is 1.17 bits per heavy atom. The summed E-state index contributed by atoms with van der Waals surface area (Å²) in [4.78, 5) is 41.2. The van der Waals surface area contributed by atoms with Gasteiger partial charge in [-0.25, -0.2) is 4.79 Å². The molecule has 1 saturated heterocycles. The van der Waals surface area contributed by atoms with Crippen LogP contribution in [0.1, 0.15) is 32.5 Å². The predicted octanol–water partition coefficient (Wildman–Crippen LogP) is 3.28. The highest BCUT2D eigenvalue weighted by Gasteiger charge is 2.24. The Morgan fingerprint density at radius 3 is 2.57 bits per heavy atom. The van der Waals surface area contributed by atoms with E-state index in [1.807, 2.05) is 11.8 Å². The Labute approximate surface area is 184 Å². The summed E-state index contributed by atoms with van der Waals surface area (Å²) in [5, 5.41) is 4.00. The molecular weight excluding hydrogens is 426 g/mol. The molecule has 1 aliphatic heterocycles. The molecule has 3 rings (SSSR count). The molecule has 2 aromatic rings. The number of thiophene rings is 1. The van der Waals surface area contributed by atoms with Crippen LogP contribution in [0.15, 0.2) is 30.3 Å². The third-order valence-electron chi connectivity index (χ3n) is 4.74. The lowest BCUT2D eigenvalue weighted by atomic mass is 10.2. The van der Waals surface area contributed by atoms with E-state index in [2.05, 4.69) is 5.32 Å². The van der Waals surface area contributed by atoms with Gasteiger partial charge in [-0.3, -0.25) is 14.5 Å². The molecule has 2 amide bonds. The summed E-state index contributed by atoms with van der Waals surface area (Å²) < 4.78 is 5.03. The quantitative estimate of drug-likeness (QED) is 0.684. The number of ether oxygens (including phenoxy) is 1. The lowest BCUT2D eigenvalue weighted by molar-refractivity contribution is -0.117. The van der Waals surface area contributed by atoms with Crippen molar-refractivity contribution in [2.45, 2.75) is 13.8 Å². The standard InChI is InChI=1S/C21H24ClN3O4S/c1-3-29-21(28)19-14(2)11-18(30-19)23-17(26)13-24-7-9-25(10-8-24)20(27)15-5-4-6-16(22)12-15/h4-6,11-12H,3,7-10,13H2,1-2H3,(H,23,26). The van der Waals surface area contributed by atoms with Crippen molar-refractivity contribution in [1.29, 1.82) is 0 Å². The molecule has 0 spiro atoms. The Bertz CT molecular complexity index is 938. The first-order valence-electron chi connectivity index (χ1n) is 9.72. The van der Waals surface area contributed by atoms with Crippen LogP contribution < -0.4 is 5.32 Å². The number of aryl methyl sites for hydroxylation is 1. The molecule has 0 bridgehead atoms. The minimum absolute atomic E-state index is 0.0536. The SMILES string of the molecule is CCOC(=O)c1sc(NC(=O)CN2CCN(C(=O)c3cccc(Cl)c3)CC2)cc1C. The van der Waals surface area contributed by atoms with Gasteiger partial charge >= 0.3 is 5.97 Å². The zero-order valence-electron chi connectivity index (χ0n) is 16.9. The summed E-state index contributed by atoms with van der Waals surface area (Å²) in [6.45, 7) is 6.41. The number of amides is 2. The molecule has 1 aromatic carbocycles. The van der Waals surface area contributed by atoms with Gasteiger partial charge in [-0.15, -0.1) is 11.3 Å². The number of anilines is 1. The highest BCUT2D eigenvalue weighted by atomic mass is 35.5. The number of carbonyl (C=O) groups excluding carboxylic acids is 3. The fraction of sp³-hybridized carbons (Fsp3) is 0.381. The van der Waals surface area contributed by atoms with E-state index < -0.39 is 0 Å². The van der Waals surface area contributed by atoms with Crippen LogP contribution in [0.3, 0.4) is 0 Å². The molecule has 160 valence electrons. The first-order chi connectivity index (χ1) is 14.4. The first kappa shape index (κ1) is 22.3. The maximum absolute atomic E-state index is 12.6. The molecule has 0 atom stereocenters. The van der Waals surface area contributed by atoms with Gasteiger partial charge in [0.2, 0.25) is 5.91 Å². The molecule has 2 heterocycles. The zero-order chi connectivity index (χ0) is 21.7. The second-order valence-electron chi connectivity index (χ2n) is 6.97. The second-order valence-corrected chi connectivity index (χ2v) is 8.46. The Balaban J connectivity index is 1.49. The normalized spacial score (nSPS) is 14.4. The highest BCUT2D eigenvalue weighted by molar-refractivity contribution is 7.18. The smallest absolute Gasteiger partial charge is 0.348 e. The maximum atomic E-state index is 12.6. The number of carbonyl (C=O) groups is 3. The molecule has 1 N–H and O–H groups in total. The predicted molar refractivity (Wildman–Crippen MR) is 117 cm³/mol. The van der Waals surface area contributed by atoms with Crippen molar-refractivity contribution in [3.8, 4) is 0 Å². The molecule has 0 aliphatic carbocycles. The fourth-order valence-electron chi connectivity index (χ4n) is 3.24. The molecule has 1 aliphatic rings. The molecular formula is C21H24ClN3O4S. The van der Waals surface area contributed by atoms with E-state index in [-0.39, 0.29) is 24.3 Å². The number of esters is 1. The van der Waals surface area contributed by atoms with Crippen molar-refractivity contribution >= 4 is 45.7 Å². The summed E-state index contributed by atoms with van der Waals surface area (Å²) in [7, 11) is 0. The third kappa shape index (κ3) is 5.59. The molecule has 0 saturated carbocycles. The minimum atomic E-state index is -0.374. The monoisotopic (exact) mass is 449 g/mol. The van der Waals surface area contributed by atoms with Gasteiger partial charge in [-0.2, -0.15) is 0 Å². The Morgan fingerprint density at radius 2 is 1.90 bits per heavy atom. The highest BCUT2D eigenvalue weighted by Crippen LogP contribution is 2.27. The number of nitrogens with one attached hydrogen (secondary N) is 1. The van der Waals surface area contributed by atoms with E-state index in [0.29, 0.717) is 53.3 Å². The number of nitrogens with zero attached hydrogens (tertiary/aromatic N) is 2. The van der Waals surface area contributed by atoms with E-state index in [1.165, 1.54) is 11.3 Å². The van der Waals surface area contributed by atoms with Gasteiger partial charge in [-0.05, 0) is 43.7 Å². The topological polar surface area (TPSA) is 79.0 Å². The van der Waals surface area contributed by atoms with Gasteiger partial charge in [-0.1, -0.05) is 17.7 Å². The Hall–Kier alpha value is -2.42. The van der Waals surface area contributed by atoms with E-state index in [4.69, 9.17) is 16.3 Å². The molecule has 1 aromatic heterocycles. The van der Waals surface area contributed by atoms with Crippen LogP contribution in [0.2, 0.25) is 5.02 Å². The summed E-state index contributed by atoms with van der Waals surface area (Å²) in [6.07, 6.45) is 0. The summed E-state index contributed by atoms with van der Waals surface area (Å²) in [5.41, 5.74) is 1.35. The second kappa shape index (κ2) is 10.1. The van der Waals surface area contributed by atoms with Gasteiger partial charge in [0.05, 0.1) is 18.2 Å². The zero-order valence-corrected chi connectivity index (χ0v) is 18.5. The van der Waals surface area contributed by atoms with Crippen LogP contribution >= 0.6 is 22.9 Å². The van der Waals surface area contributed by atoms with Crippen molar-refractivity contribution in [3.05, 3.63) is 51.4 Å². The summed E-state index contributed by atoms with van der Waals surface area (Å²) >= 11 is 7.18. The number of hydrogen-bond donors (Lipinski definition) is 1. The van der Waals surface area contributed by atoms with Gasteiger partial charge in [0.15, 0.2) is 0 Å². The molecule has 0 unspecified atom stereocenters. The molecule has 9 heteroatoms. The average molecular weight is 450 g/mol. The first-order valence-corrected chi connectivity index (χ1v) is 10.9. The number of hydrogen-bond acceptors (Lipinski definition) is 6. The van der Waals surface area contributed by atoms with Gasteiger partial charge < -0.3 is 15.0 Å². The number of rotatable bonds is 6. The van der Waals surface area contributed by atoms with E-state index in [1.54, 1.807) is 42.2 Å². The largest absolute Gasteiger partial charge is 0.462 e. The third-order valence-corrected chi connectivity index (χ3v) is 6.11. The van der Waals surface area contributed by atoms with Gasteiger partial charge in [0, 0.05) is 36.8 Å². The van der Waals surface area contributed by atoms with Crippen LogP contribution in [0.25, 0.3) is 0 Å². The lowest BCUT2D eigenvalue weighted by Crippen LogP contribution is -2.50. The van der Waals surface area contributed by atoms with Crippen molar-refractivity contribution in [2.75, 3.05) is 44.6 Å². The Kier molecular flexibility index (Phi) is 7.47. The average Bonchev–Trinajstić information content (AvgIpc) is 3.08. The van der Waals surface area contributed by atoms with Crippen LogP contribution in [0, 0.1) is 6.92 Å².